The second-order valence-corrected chi connectivity index (χ2v) is 10.8. The van der Waals surface area contributed by atoms with Crippen LogP contribution in [0.3, 0.4) is 0 Å². The smallest absolute Gasteiger partial charge is 0.319 e. The van der Waals surface area contributed by atoms with Crippen LogP contribution in [0.25, 0.3) is 33.0 Å². The molecule has 2 atom stereocenters. The van der Waals surface area contributed by atoms with Crippen molar-refractivity contribution in [3.05, 3.63) is 55.1 Å². The molecule has 2 aromatic heterocycles. The maximum Gasteiger partial charge on any atom is 0.319 e. The Kier molecular flexibility index (Phi) is 7.39. The number of nitrogen functional groups attached to an aromatic ring is 1. The first kappa shape index (κ1) is 27.5. The number of nitriles is 1. The predicted molar refractivity (Wildman–Crippen MR) is 158 cm³/mol. The third-order valence-corrected chi connectivity index (χ3v) is 8.28. The van der Waals surface area contributed by atoms with Crippen LogP contribution < -0.4 is 15.4 Å². The van der Waals surface area contributed by atoms with E-state index in [0.29, 0.717) is 70.7 Å². The molecule has 0 saturated carbocycles. The Morgan fingerprint density at radius 3 is 2.86 bits per heavy atom. The van der Waals surface area contributed by atoms with Gasteiger partial charge in [-0.25, -0.2) is 4.39 Å². The number of carbonyl (C=O) groups is 1. The lowest BCUT2D eigenvalue weighted by molar-refractivity contribution is -0.128. The number of hydrogen-bond acceptors (Lipinski definition) is 9. The summed E-state index contributed by atoms with van der Waals surface area (Å²) in [4.78, 5) is 28.2. The average molecular weight is 570 g/mol. The van der Waals surface area contributed by atoms with Gasteiger partial charge in [-0.1, -0.05) is 6.58 Å². The molecule has 0 aliphatic carbocycles. The van der Waals surface area contributed by atoms with E-state index in [1.54, 1.807) is 23.3 Å². The van der Waals surface area contributed by atoms with Gasteiger partial charge in [-0.05, 0) is 68.4 Å². The van der Waals surface area contributed by atoms with E-state index in [4.69, 9.17) is 24.9 Å². The number of fused-ring (bicyclic) bond motifs is 3. The fourth-order valence-electron chi connectivity index (χ4n) is 6.06. The summed E-state index contributed by atoms with van der Waals surface area (Å²) in [5.41, 5.74) is 8.42. The Hall–Kier alpha value is -4.69. The Morgan fingerprint density at radius 1 is 1.24 bits per heavy atom. The van der Waals surface area contributed by atoms with Crippen molar-refractivity contribution in [2.75, 3.05) is 50.5 Å². The first-order valence-electron chi connectivity index (χ1n) is 14.0. The zero-order valence-electron chi connectivity index (χ0n) is 23.4. The predicted octanol–water partition coefficient (Wildman–Crippen LogP) is 4.35. The Labute approximate surface area is 242 Å². The molecule has 2 N–H and O–H groups in total. The highest BCUT2D eigenvalue weighted by Gasteiger charge is 2.32. The number of piperazine rings is 1. The van der Waals surface area contributed by atoms with Crippen molar-refractivity contribution < 1.29 is 18.3 Å². The number of likely N-dealkylation sites (N-methyl/N-ethyl adjacent to an activating group) is 1. The largest absolute Gasteiger partial charge is 0.463 e. The van der Waals surface area contributed by atoms with Gasteiger partial charge in [0.15, 0.2) is 0 Å². The summed E-state index contributed by atoms with van der Waals surface area (Å²) >= 11 is 0. The van der Waals surface area contributed by atoms with Gasteiger partial charge in [0.05, 0.1) is 35.7 Å². The van der Waals surface area contributed by atoms with Crippen LogP contribution in [0.4, 0.5) is 15.9 Å². The average Bonchev–Trinajstić information content (AvgIpc) is 3.65. The van der Waals surface area contributed by atoms with Crippen LogP contribution in [0.1, 0.15) is 19.3 Å². The number of halogens is 1. The molecule has 2 aliphatic heterocycles. The van der Waals surface area contributed by atoms with Crippen molar-refractivity contribution in [3.63, 3.8) is 0 Å². The molecule has 0 radical (unpaired) electrons. The van der Waals surface area contributed by atoms with E-state index in [1.165, 1.54) is 18.2 Å². The normalized spacial score (nSPS) is 19.4. The number of likely N-dealkylation sites (tertiary alicyclic amines) is 1. The van der Waals surface area contributed by atoms with Gasteiger partial charge in [-0.2, -0.15) is 15.2 Å². The lowest BCUT2D eigenvalue weighted by Gasteiger charge is -2.41. The third kappa shape index (κ3) is 4.99. The molecule has 0 bridgehead atoms. The number of aromatic nitrogens is 2. The fourth-order valence-corrected chi connectivity index (χ4v) is 6.06. The summed E-state index contributed by atoms with van der Waals surface area (Å²) in [6, 6.07) is 10.4. The van der Waals surface area contributed by atoms with E-state index < -0.39 is 5.82 Å². The molecule has 10 nitrogen and oxygen atoms in total. The zero-order chi connectivity index (χ0) is 29.4. The number of nitrogens with zero attached hydrogens (tertiary/aromatic N) is 6. The molecule has 2 aromatic carbocycles. The molecular weight excluding hydrogens is 537 g/mol. The summed E-state index contributed by atoms with van der Waals surface area (Å²) in [5, 5.41) is 10.8. The van der Waals surface area contributed by atoms with Crippen LogP contribution in [-0.2, 0) is 4.79 Å². The van der Waals surface area contributed by atoms with Crippen LogP contribution in [0, 0.1) is 17.1 Å². The third-order valence-electron chi connectivity index (χ3n) is 8.28. The van der Waals surface area contributed by atoms with Gasteiger partial charge in [-0.15, -0.1) is 0 Å². The van der Waals surface area contributed by atoms with Crippen LogP contribution >= 0.6 is 0 Å². The molecular formula is C31H32FN7O3. The molecule has 1 amide bonds. The molecule has 4 aromatic rings. The van der Waals surface area contributed by atoms with Gasteiger partial charge in [0.1, 0.15) is 23.8 Å². The minimum Gasteiger partial charge on any atom is -0.463 e. The molecule has 4 heterocycles. The molecule has 216 valence electrons. The minimum absolute atomic E-state index is 0.158. The molecule has 42 heavy (non-hydrogen) atoms. The number of nitrogens with two attached hydrogens (primary N) is 1. The van der Waals surface area contributed by atoms with Crippen LogP contribution in [0.2, 0.25) is 0 Å². The van der Waals surface area contributed by atoms with Gasteiger partial charge < -0.3 is 29.6 Å². The Balaban J connectivity index is 1.50. The summed E-state index contributed by atoms with van der Waals surface area (Å²) in [5.74, 6) is -0.0548. The first-order chi connectivity index (χ1) is 20.4. The maximum atomic E-state index is 15.1. The molecule has 2 aliphatic rings. The highest BCUT2D eigenvalue weighted by Crippen LogP contribution is 2.41. The summed E-state index contributed by atoms with van der Waals surface area (Å²) in [6.07, 6.45) is 5.12. The second kappa shape index (κ2) is 11.3. The minimum atomic E-state index is -0.413. The number of carbonyl (C=O) groups excluding carboxylic acids is 1. The molecule has 6 rings (SSSR count). The van der Waals surface area contributed by atoms with E-state index in [0.717, 1.165) is 19.4 Å². The number of rotatable bonds is 7. The molecule has 2 saturated heterocycles. The fraction of sp³-hybridized carbons (Fsp3) is 0.355. The van der Waals surface area contributed by atoms with Crippen molar-refractivity contribution in [1.29, 1.82) is 5.26 Å². The lowest BCUT2D eigenvalue weighted by Crippen LogP contribution is -2.55. The van der Waals surface area contributed by atoms with Crippen LogP contribution in [0.5, 0.6) is 6.01 Å². The van der Waals surface area contributed by atoms with Crippen molar-refractivity contribution >= 4 is 39.3 Å². The van der Waals surface area contributed by atoms with Crippen LogP contribution in [-0.4, -0.2) is 77.6 Å². The molecule has 2 fully saturated rings. The number of anilines is 2. The molecule has 0 unspecified atom stereocenters. The van der Waals surface area contributed by atoms with Crippen molar-refractivity contribution in [1.82, 2.24) is 19.8 Å². The summed E-state index contributed by atoms with van der Waals surface area (Å²) in [6.45, 7) is 6.28. The highest BCUT2D eigenvalue weighted by atomic mass is 19.1. The van der Waals surface area contributed by atoms with Gasteiger partial charge in [-0.3, -0.25) is 4.79 Å². The topological polar surface area (TPSA) is 125 Å². The maximum absolute atomic E-state index is 15.1. The second-order valence-electron chi connectivity index (χ2n) is 10.8. The number of furan rings is 1. The highest BCUT2D eigenvalue weighted by molar-refractivity contribution is 6.14. The van der Waals surface area contributed by atoms with E-state index in [2.05, 4.69) is 24.6 Å². The van der Waals surface area contributed by atoms with E-state index >= 15 is 4.39 Å². The van der Waals surface area contributed by atoms with Gasteiger partial charge in [0.2, 0.25) is 5.91 Å². The Bertz CT molecular complexity index is 1710. The number of amides is 1. The standard InChI is InChI=1S/C31H32FN7O3/c1-3-27(40)39-13-12-38(17-20(39)8-10-33)30-28-26(35-31(36-30)42-18-21-5-4-11-37(21)2)16-23(22-9-14-41-29(22)28)24-15-19(34)6-7-25(24)32/h3,6-7,9,14-16,20-21H,1,4-5,8,11-13,17-18,34H2,2H3/t20-,21-/m0/s1. The van der Waals surface area contributed by atoms with Gasteiger partial charge in [0.25, 0.3) is 0 Å². The number of ether oxygens (including phenoxy) is 1. The van der Waals surface area contributed by atoms with E-state index in [-0.39, 0.29) is 30.4 Å². The SMILES string of the molecule is C=CC(=O)N1CCN(c2nc(OC[C@@H]3CCCN3C)nc3cc(-c4cc(N)ccc4F)c4ccoc4c23)C[C@@H]1CC#N. The molecule has 0 spiro atoms. The monoisotopic (exact) mass is 569 g/mol. The number of hydrogen-bond donors (Lipinski definition) is 1. The first-order valence-corrected chi connectivity index (χ1v) is 14.0. The van der Waals surface area contributed by atoms with Crippen molar-refractivity contribution in [3.8, 4) is 23.2 Å². The summed E-state index contributed by atoms with van der Waals surface area (Å²) in [7, 11) is 2.08. The van der Waals surface area contributed by atoms with Crippen molar-refractivity contribution in [2.45, 2.75) is 31.3 Å². The van der Waals surface area contributed by atoms with E-state index in [9.17, 15) is 10.1 Å². The van der Waals surface area contributed by atoms with Gasteiger partial charge >= 0.3 is 6.01 Å². The molecule has 11 heteroatoms. The number of benzene rings is 2. The Morgan fingerprint density at radius 2 is 2.10 bits per heavy atom. The van der Waals surface area contributed by atoms with Crippen LogP contribution in [0.15, 0.2) is 53.7 Å². The zero-order valence-corrected chi connectivity index (χ0v) is 23.4. The van der Waals surface area contributed by atoms with E-state index in [1.807, 2.05) is 11.0 Å². The summed E-state index contributed by atoms with van der Waals surface area (Å²) < 4.78 is 27.3. The lowest BCUT2D eigenvalue weighted by atomic mass is 9.98. The quantitative estimate of drug-likeness (QED) is 0.255. The van der Waals surface area contributed by atoms with Crippen molar-refractivity contribution in [2.24, 2.45) is 0 Å². The van der Waals surface area contributed by atoms with Gasteiger partial charge in [0, 0.05) is 42.3 Å².